The Morgan fingerprint density at radius 1 is 0.392 bits per heavy atom. The average molecular weight is 1750 g/mol. The summed E-state index contributed by atoms with van der Waals surface area (Å²) in [6.07, 6.45) is 28.3. The van der Waals surface area contributed by atoms with Crippen LogP contribution in [0.25, 0.3) is 22.1 Å². The number of benzene rings is 8. The Morgan fingerprint density at radius 2 is 0.815 bits per heavy atom. The number of para-hydroxylation sites is 7. The van der Waals surface area contributed by atoms with E-state index in [1.807, 2.05) is 49.9 Å². The van der Waals surface area contributed by atoms with E-state index in [1.165, 1.54) is 200 Å². The largest absolute Gasteiger partial charge is 0.435 e. The normalized spacial score (nSPS) is 27.5. The SMILES string of the molecule is Cc1ccccc1N1C(C)C(C)(C)CC1(C)C.Cc1ccccc1N1C(C)C2(CC1(C)C)C1CC3CC(C1)CC2C3.Cc1ccccc1N1C(C)C2(CCCCC2)CC1(C)C.Cc1ccccc1N1c2ccccc2C(C)(C)C1C.Cc1ccccc1N1c2ccccc2C2(CCCCC2)C1C.[2H]C([2H])([2H])C([2H])(C)N1c2nccnc2N(c2c(C)ccc3c2oc2nc(C)ccc23)C1C. The first kappa shape index (κ1) is 87.1. The van der Waals surface area contributed by atoms with Gasteiger partial charge in [0.2, 0.25) is 5.71 Å². The molecule has 6 aliphatic carbocycles. The molecule has 11 aromatic rings. The van der Waals surface area contributed by atoms with Crippen molar-refractivity contribution in [2.24, 2.45) is 39.9 Å². The summed E-state index contributed by atoms with van der Waals surface area (Å²) in [6, 6.07) is 71.1. The molecule has 130 heavy (non-hydrogen) atoms. The van der Waals surface area contributed by atoms with Gasteiger partial charge in [0.1, 0.15) is 6.17 Å². The highest BCUT2D eigenvalue weighted by Crippen LogP contribution is 2.70. The quantitative estimate of drug-likeness (QED) is 0.153. The molecule has 7 unspecified atom stereocenters. The van der Waals surface area contributed by atoms with E-state index in [4.69, 9.17) is 9.90 Å². The van der Waals surface area contributed by atoms with Gasteiger partial charge in [-0.1, -0.05) is 206 Å². The second-order valence-corrected chi connectivity index (χ2v) is 45.1. The summed E-state index contributed by atoms with van der Waals surface area (Å²) in [5.74, 6) is 4.98. The Labute approximate surface area is 788 Å². The third kappa shape index (κ3) is 16.1. The number of hydrogen-bond acceptors (Lipinski definition) is 11. The summed E-state index contributed by atoms with van der Waals surface area (Å²) in [6.45, 7) is 52.0. The van der Waals surface area contributed by atoms with Gasteiger partial charge in [0.05, 0.1) is 7.06 Å². The van der Waals surface area contributed by atoms with Crippen LogP contribution in [-0.4, -0.2) is 74.0 Å². The topological polar surface area (TPSA) is 74.5 Å². The summed E-state index contributed by atoms with van der Waals surface area (Å²) in [4.78, 5) is 30.2. The molecule has 3 saturated heterocycles. The molecular formula is C119H156N10O. The Bertz CT molecular complexity index is 6030. The minimum absolute atomic E-state index is 0.179. The van der Waals surface area contributed by atoms with Crippen molar-refractivity contribution >= 4 is 79.2 Å². The molecule has 11 nitrogen and oxygen atoms in total. The maximum atomic E-state index is 8.75. The Morgan fingerprint density at radius 3 is 1.32 bits per heavy atom. The number of hydrogen-bond donors (Lipinski definition) is 0. The molecule has 4 bridgehead atoms. The van der Waals surface area contributed by atoms with Gasteiger partial charge >= 0.3 is 0 Å². The molecule has 9 heterocycles. The van der Waals surface area contributed by atoms with Crippen LogP contribution in [0.3, 0.4) is 0 Å². The van der Waals surface area contributed by atoms with Crippen LogP contribution in [0.2, 0.25) is 0 Å². The lowest BCUT2D eigenvalue weighted by molar-refractivity contribution is -0.113. The smallest absolute Gasteiger partial charge is 0.227 e. The van der Waals surface area contributed by atoms with E-state index in [1.54, 1.807) is 18.2 Å². The second kappa shape index (κ2) is 35.4. The molecular weight excluding hydrogens is 1590 g/mol. The lowest BCUT2D eigenvalue weighted by Gasteiger charge is -2.62. The zero-order valence-electron chi connectivity index (χ0n) is 87.5. The highest BCUT2D eigenvalue weighted by Gasteiger charge is 2.66. The highest BCUT2D eigenvalue weighted by atomic mass is 16.3. The molecule has 9 fully saturated rings. The van der Waals surface area contributed by atoms with Crippen LogP contribution in [0.15, 0.2) is 211 Å². The molecule has 7 atom stereocenters. The Balaban J connectivity index is 0.000000113. The third-order valence-corrected chi connectivity index (χ3v) is 34.9. The van der Waals surface area contributed by atoms with Crippen molar-refractivity contribution in [3.63, 3.8) is 0 Å². The third-order valence-electron chi connectivity index (χ3n) is 34.9. The van der Waals surface area contributed by atoms with Crippen LogP contribution in [0, 0.1) is 88.4 Å². The van der Waals surface area contributed by atoms with Gasteiger partial charge in [-0.15, -0.1) is 0 Å². The fourth-order valence-corrected chi connectivity index (χ4v) is 28.9. The fraction of sp³-hybridized carbons (Fsp3) is 0.521. The zero-order chi connectivity index (χ0) is 95.7. The molecule has 23 rings (SSSR count). The van der Waals surface area contributed by atoms with Gasteiger partial charge in [-0.3, -0.25) is 4.90 Å². The van der Waals surface area contributed by atoms with Crippen molar-refractivity contribution in [2.45, 2.75) is 358 Å². The molecule has 11 heteroatoms. The van der Waals surface area contributed by atoms with E-state index in [-0.39, 0.29) is 22.0 Å². The fourth-order valence-electron chi connectivity index (χ4n) is 28.9. The van der Waals surface area contributed by atoms with E-state index in [0.717, 1.165) is 51.4 Å². The Kier molecular flexibility index (Phi) is 23.7. The standard InChI is InChI=1S/C23H33N.C22H23N5O.C21H25N.C19H29N.C18H21N.C16H25N/c1-15-7-5-6-8-21(15)24-16(2)23(14-22(24,3)4)19-10-17-9-18(12-19)13-20(23)11-17;1-12(2)26-15(5)27(21-20(26)23-10-11-24-21)18-13(3)6-8-16-17-9-7-14(4)25-22(17)28-19(16)18;1-16-10-4-6-12-19(16)22-17(2)21(14-8-3-9-15-21)18-11-5-7-13-20(18)22;1-15-10-6-7-11-17(15)20-16(2)19(14-18(20,3)4)12-8-5-9-13-19;1-13-9-5-7-11-16(13)19-14(2)18(3,4)15-10-6-8-12-17(15)19;1-12-9-7-8-10-14(12)17-13(2)15(3,4)11-16(17,5)6/h5-8,16-20H,9-14H2,1-4H3;6-12,15H,1-5H3;4-7,10-13,17H,3,8-9,14-15H2,1-2H3;6-7,10-11,16H,5,8-9,12-14H2,1-4H3;5-12,14H,1-4H3;7-10,13H,11H2,1-6H3/i;1D3,12D;;;;. The minimum Gasteiger partial charge on any atom is -0.435 e. The van der Waals surface area contributed by atoms with Gasteiger partial charge in [0, 0.05) is 136 Å². The molecule has 12 aliphatic rings. The predicted octanol–water partition coefficient (Wildman–Crippen LogP) is 31.2. The van der Waals surface area contributed by atoms with Crippen LogP contribution in [0.1, 0.15) is 296 Å². The van der Waals surface area contributed by atoms with Crippen molar-refractivity contribution in [1.29, 1.82) is 0 Å². The van der Waals surface area contributed by atoms with E-state index < -0.39 is 19.0 Å². The molecule has 3 spiro atoms. The molecule has 8 aromatic carbocycles. The number of anilines is 10. The van der Waals surface area contributed by atoms with Crippen LogP contribution in [0.4, 0.5) is 57.1 Å². The summed E-state index contributed by atoms with van der Waals surface area (Å²) < 4.78 is 38.9. The number of rotatable bonds is 7. The maximum absolute atomic E-state index is 8.75. The summed E-state index contributed by atoms with van der Waals surface area (Å²) >= 11 is 0. The molecule has 6 aliphatic heterocycles. The van der Waals surface area contributed by atoms with Gasteiger partial charge in [-0.2, -0.15) is 0 Å². The summed E-state index contributed by atoms with van der Waals surface area (Å²) in [5.41, 5.74) is 26.4. The van der Waals surface area contributed by atoms with E-state index in [0.29, 0.717) is 74.8 Å². The molecule has 0 radical (unpaired) electrons. The lowest BCUT2D eigenvalue weighted by Crippen LogP contribution is -2.57. The van der Waals surface area contributed by atoms with Gasteiger partial charge < -0.3 is 33.8 Å². The number of aryl methyl sites for hydroxylation is 7. The first-order valence-electron chi connectivity index (χ1n) is 52.1. The molecule has 688 valence electrons. The number of fused-ring (bicyclic) bond motifs is 7. The molecule has 0 amide bonds. The van der Waals surface area contributed by atoms with Crippen LogP contribution in [-0.2, 0) is 10.8 Å². The van der Waals surface area contributed by atoms with E-state index >= 15 is 0 Å². The van der Waals surface area contributed by atoms with E-state index in [2.05, 4.69) is 348 Å². The highest BCUT2D eigenvalue weighted by molar-refractivity contribution is 6.10. The van der Waals surface area contributed by atoms with Crippen molar-refractivity contribution < 1.29 is 9.90 Å². The van der Waals surface area contributed by atoms with Crippen molar-refractivity contribution in [2.75, 3.05) is 34.3 Å². The van der Waals surface area contributed by atoms with Crippen molar-refractivity contribution in [3.05, 3.63) is 257 Å². The maximum Gasteiger partial charge on any atom is 0.227 e. The van der Waals surface area contributed by atoms with Crippen LogP contribution >= 0.6 is 0 Å². The Hall–Kier alpha value is -9.61. The van der Waals surface area contributed by atoms with Crippen LogP contribution < -0.4 is 34.3 Å². The predicted molar refractivity (Wildman–Crippen MR) is 553 cm³/mol. The van der Waals surface area contributed by atoms with Gasteiger partial charge in [0.25, 0.3) is 0 Å². The average Bonchev–Trinajstić information content (AvgIpc) is 1.51. The molecule has 3 aromatic heterocycles. The first-order valence-corrected chi connectivity index (χ1v) is 50.1. The van der Waals surface area contributed by atoms with Crippen molar-refractivity contribution in [1.82, 2.24) is 15.0 Å². The second-order valence-electron chi connectivity index (χ2n) is 45.1. The van der Waals surface area contributed by atoms with Crippen LogP contribution in [0.5, 0.6) is 0 Å². The van der Waals surface area contributed by atoms with Gasteiger partial charge in [-0.25, -0.2) is 15.0 Å². The minimum atomic E-state index is -2.56. The summed E-state index contributed by atoms with van der Waals surface area (Å²) in [7, 11) is 0. The van der Waals surface area contributed by atoms with Gasteiger partial charge in [-0.05, 0) is 361 Å². The summed E-state index contributed by atoms with van der Waals surface area (Å²) in [5, 5.41) is 1.82. The number of aromatic nitrogens is 3. The zero-order valence-corrected chi connectivity index (χ0v) is 83.5. The van der Waals surface area contributed by atoms with E-state index in [9.17, 15) is 0 Å². The van der Waals surface area contributed by atoms with Crippen molar-refractivity contribution in [3.8, 4) is 0 Å². The number of pyridine rings is 1. The number of furan rings is 1. The first-order chi connectivity index (χ1) is 63.4. The molecule has 0 N–H and O–H groups in total. The van der Waals surface area contributed by atoms with Gasteiger partial charge in [0.15, 0.2) is 17.2 Å². The lowest BCUT2D eigenvalue weighted by atomic mass is 9.43. The number of nitrogens with zero attached hydrogens (tertiary/aromatic N) is 10. The monoisotopic (exact) mass is 1750 g/mol. The molecule has 6 saturated carbocycles.